The van der Waals surface area contributed by atoms with Crippen molar-refractivity contribution < 1.29 is 14.3 Å². The lowest BCUT2D eigenvalue weighted by molar-refractivity contribution is -0.137. The van der Waals surface area contributed by atoms with Crippen molar-refractivity contribution in [2.75, 3.05) is 19.0 Å². The van der Waals surface area contributed by atoms with Gasteiger partial charge in [-0.3, -0.25) is 4.79 Å². The summed E-state index contributed by atoms with van der Waals surface area (Å²) in [6.07, 6.45) is 3.04. The van der Waals surface area contributed by atoms with Crippen molar-refractivity contribution in [1.82, 2.24) is 5.32 Å². The molecule has 1 amide bonds. The van der Waals surface area contributed by atoms with E-state index in [9.17, 15) is 9.59 Å². The fourth-order valence-electron chi connectivity index (χ4n) is 1.41. The van der Waals surface area contributed by atoms with Crippen molar-refractivity contribution in [2.24, 2.45) is 0 Å². The highest BCUT2D eigenvalue weighted by Crippen LogP contribution is 2.11. The van der Waals surface area contributed by atoms with Gasteiger partial charge in [0.15, 0.2) is 0 Å². The van der Waals surface area contributed by atoms with E-state index < -0.39 is 0 Å². The number of rotatable bonds is 6. The largest absolute Gasteiger partial charge is 0.463 e. The van der Waals surface area contributed by atoms with Crippen LogP contribution >= 0.6 is 0 Å². The Morgan fingerprint density at radius 1 is 1.30 bits per heavy atom. The fraction of sp³-hybridized carbons (Fsp3) is 0.333. The van der Waals surface area contributed by atoms with Crippen molar-refractivity contribution >= 4 is 23.6 Å². The number of nitrogens with one attached hydrogen (secondary N) is 2. The van der Waals surface area contributed by atoms with Gasteiger partial charge in [-0.2, -0.15) is 0 Å². The standard InChI is InChI=1S/C15H20N2O3/c1-4-20-14(18)10-7-12-5-8-13(9-6-12)17-15(19)11(2)16-3/h5-11,16H,4H2,1-3H3,(H,17,19). The molecule has 0 saturated carbocycles. The van der Waals surface area contributed by atoms with Gasteiger partial charge < -0.3 is 15.4 Å². The van der Waals surface area contributed by atoms with E-state index in [1.54, 1.807) is 39.1 Å². The predicted molar refractivity (Wildman–Crippen MR) is 79.3 cm³/mol. The van der Waals surface area contributed by atoms with Crippen LogP contribution in [-0.4, -0.2) is 31.6 Å². The Balaban J connectivity index is 2.60. The maximum atomic E-state index is 11.7. The summed E-state index contributed by atoms with van der Waals surface area (Å²) in [4.78, 5) is 22.8. The smallest absolute Gasteiger partial charge is 0.330 e. The number of likely N-dealkylation sites (N-methyl/N-ethyl adjacent to an activating group) is 1. The van der Waals surface area contributed by atoms with Gasteiger partial charge in [0, 0.05) is 11.8 Å². The highest BCUT2D eigenvalue weighted by Gasteiger charge is 2.09. The number of anilines is 1. The minimum Gasteiger partial charge on any atom is -0.463 e. The van der Waals surface area contributed by atoms with Crippen molar-refractivity contribution in [2.45, 2.75) is 19.9 Å². The molecule has 0 aliphatic carbocycles. The highest BCUT2D eigenvalue weighted by molar-refractivity contribution is 5.94. The molecule has 2 N–H and O–H groups in total. The van der Waals surface area contributed by atoms with Crippen LogP contribution in [-0.2, 0) is 14.3 Å². The summed E-state index contributed by atoms with van der Waals surface area (Å²) in [6.45, 7) is 3.90. The molecule has 108 valence electrons. The number of hydrogen-bond acceptors (Lipinski definition) is 4. The summed E-state index contributed by atoms with van der Waals surface area (Å²) >= 11 is 0. The molecule has 1 rings (SSSR count). The van der Waals surface area contributed by atoms with Crippen LogP contribution in [0.1, 0.15) is 19.4 Å². The molecule has 20 heavy (non-hydrogen) atoms. The van der Waals surface area contributed by atoms with E-state index in [0.29, 0.717) is 12.3 Å². The molecule has 1 atom stereocenters. The van der Waals surface area contributed by atoms with Gasteiger partial charge in [0.1, 0.15) is 0 Å². The average Bonchev–Trinajstić information content (AvgIpc) is 2.46. The lowest BCUT2D eigenvalue weighted by atomic mass is 10.2. The number of ether oxygens (including phenoxy) is 1. The Hall–Kier alpha value is -2.14. The quantitative estimate of drug-likeness (QED) is 0.614. The molecule has 0 spiro atoms. The molecular formula is C15H20N2O3. The second-order valence-electron chi connectivity index (χ2n) is 4.21. The average molecular weight is 276 g/mol. The van der Waals surface area contributed by atoms with Gasteiger partial charge in [0.2, 0.25) is 5.91 Å². The molecule has 0 bridgehead atoms. The predicted octanol–water partition coefficient (Wildman–Crippen LogP) is 1.81. The first-order chi connectivity index (χ1) is 9.56. The summed E-state index contributed by atoms with van der Waals surface area (Å²) in [6, 6.07) is 6.94. The molecule has 1 unspecified atom stereocenters. The van der Waals surface area contributed by atoms with Crippen LogP contribution in [0.3, 0.4) is 0 Å². The third kappa shape index (κ3) is 5.24. The van der Waals surface area contributed by atoms with Gasteiger partial charge >= 0.3 is 5.97 Å². The molecule has 0 aliphatic rings. The number of carbonyl (C=O) groups excluding carboxylic acids is 2. The first kappa shape index (κ1) is 15.9. The van der Waals surface area contributed by atoms with Gasteiger partial charge in [0.05, 0.1) is 12.6 Å². The number of benzene rings is 1. The van der Waals surface area contributed by atoms with Crippen LogP contribution in [0.5, 0.6) is 0 Å². The molecule has 0 aromatic heterocycles. The Morgan fingerprint density at radius 3 is 2.50 bits per heavy atom. The van der Waals surface area contributed by atoms with Gasteiger partial charge in [-0.15, -0.1) is 0 Å². The van der Waals surface area contributed by atoms with Crippen LogP contribution in [0.4, 0.5) is 5.69 Å². The van der Waals surface area contributed by atoms with E-state index in [4.69, 9.17) is 4.74 Å². The zero-order valence-corrected chi connectivity index (χ0v) is 12.0. The minimum atomic E-state index is -0.368. The second kappa shape index (κ2) is 8.12. The van der Waals surface area contributed by atoms with E-state index in [2.05, 4.69) is 10.6 Å². The molecule has 0 radical (unpaired) electrons. The minimum absolute atomic E-state index is 0.0951. The Morgan fingerprint density at radius 2 is 1.95 bits per heavy atom. The first-order valence-electron chi connectivity index (χ1n) is 6.49. The van der Waals surface area contributed by atoms with Gasteiger partial charge in [0.25, 0.3) is 0 Å². The van der Waals surface area contributed by atoms with Gasteiger partial charge in [-0.1, -0.05) is 12.1 Å². The summed E-state index contributed by atoms with van der Waals surface area (Å²) < 4.78 is 4.79. The lowest BCUT2D eigenvalue weighted by Gasteiger charge is -2.10. The highest BCUT2D eigenvalue weighted by atomic mass is 16.5. The molecule has 0 aliphatic heterocycles. The second-order valence-corrected chi connectivity index (χ2v) is 4.21. The normalized spacial score (nSPS) is 12.2. The monoisotopic (exact) mass is 276 g/mol. The Labute approximate surface area is 119 Å². The zero-order valence-electron chi connectivity index (χ0n) is 12.0. The number of carbonyl (C=O) groups is 2. The maximum Gasteiger partial charge on any atom is 0.330 e. The molecule has 5 heteroatoms. The summed E-state index contributed by atoms with van der Waals surface area (Å²) in [7, 11) is 1.73. The van der Waals surface area contributed by atoms with Crippen molar-refractivity contribution in [3.8, 4) is 0 Å². The van der Waals surface area contributed by atoms with Crippen LogP contribution < -0.4 is 10.6 Å². The van der Waals surface area contributed by atoms with E-state index in [1.807, 2.05) is 12.1 Å². The molecule has 0 fully saturated rings. The van der Waals surface area contributed by atoms with E-state index in [-0.39, 0.29) is 17.9 Å². The van der Waals surface area contributed by atoms with E-state index in [1.165, 1.54) is 6.08 Å². The number of esters is 1. The van der Waals surface area contributed by atoms with Crippen LogP contribution in [0.15, 0.2) is 30.3 Å². The molecule has 1 aromatic rings. The van der Waals surface area contributed by atoms with Gasteiger partial charge in [-0.25, -0.2) is 4.79 Å². The molecule has 5 nitrogen and oxygen atoms in total. The zero-order chi connectivity index (χ0) is 15.0. The van der Waals surface area contributed by atoms with Gasteiger partial charge in [-0.05, 0) is 44.7 Å². The molecule has 0 saturated heterocycles. The third-order valence-corrected chi connectivity index (χ3v) is 2.70. The first-order valence-corrected chi connectivity index (χ1v) is 6.49. The molecular weight excluding hydrogens is 256 g/mol. The third-order valence-electron chi connectivity index (χ3n) is 2.70. The summed E-state index contributed by atoms with van der Waals surface area (Å²) in [5.41, 5.74) is 1.57. The lowest BCUT2D eigenvalue weighted by Crippen LogP contribution is -2.35. The van der Waals surface area contributed by atoms with Crippen molar-refractivity contribution in [3.05, 3.63) is 35.9 Å². The number of hydrogen-bond donors (Lipinski definition) is 2. The summed E-state index contributed by atoms with van der Waals surface area (Å²) in [5.74, 6) is -0.463. The Bertz CT molecular complexity index is 480. The van der Waals surface area contributed by atoms with Crippen molar-refractivity contribution in [3.63, 3.8) is 0 Å². The maximum absolute atomic E-state index is 11.7. The fourth-order valence-corrected chi connectivity index (χ4v) is 1.41. The van der Waals surface area contributed by atoms with E-state index in [0.717, 1.165) is 5.56 Å². The van der Waals surface area contributed by atoms with Crippen LogP contribution in [0, 0.1) is 0 Å². The molecule has 1 aromatic carbocycles. The Kier molecular flexibility index (Phi) is 6.46. The van der Waals surface area contributed by atoms with Crippen molar-refractivity contribution in [1.29, 1.82) is 0 Å². The summed E-state index contributed by atoms with van der Waals surface area (Å²) in [5, 5.41) is 5.65. The molecule has 0 heterocycles. The number of amides is 1. The van der Waals surface area contributed by atoms with Crippen LogP contribution in [0.25, 0.3) is 6.08 Å². The SMILES string of the molecule is CCOC(=O)C=Cc1ccc(NC(=O)C(C)NC)cc1. The van der Waals surface area contributed by atoms with E-state index >= 15 is 0 Å². The topological polar surface area (TPSA) is 67.4 Å². The van der Waals surface area contributed by atoms with Crippen LogP contribution in [0.2, 0.25) is 0 Å².